The van der Waals surface area contributed by atoms with E-state index >= 15 is 0 Å². The molecule has 1 N–H and O–H groups in total. The summed E-state index contributed by atoms with van der Waals surface area (Å²) in [4.78, 5) is 9.24. The van der Waals surface area contributed by atoms with Crippen molar-refractivity contribution in [3.63, 3.8) is 0 Å². The zero-order chi connectivity index (χ0) is 23.8. The van der Waals surface area contributed by atoms with Gasteiger partial charge in [0.2, 0.25) is 0 Å². The number of nitrogens with zero attached hydrogens (tertiary/aromatic N) is 4. The normalized spacial score (nSPS) is 16.3. The molecule has 4 aromatic rings. The van der Waals surface area contributed by atoms with E-state index in [4.69, 9.17) is 14.2 Å². The molecule has 7 heteroatoms. The first kappa shape index (κ1) is 22.2. The predicted molar refractivity (Wildman–Crippen MR) is 134 cm³/mol. The van der Waals surface area contributed by atoms with Crippen molar-refractivity contribution in [3.8, 4) is 28.1 Å². The number of hydrogen-bond donors (Lipinski definition) is 1. The summed E-state index contributed by atoms with van der Waals surface area (Å²) < 4.78 is 13.3. The quantitative estimate of drug-likeness (QED) is 0.353. The third-order valence-electron chi connectivity index (χ3n) is 6.81. The van der Waals surface area contributed by atoms with Gasteiger partial charge in [0.25, 0.3) is 0 Å². The molecule has 0 bridgehead atoms. The topological polar surface area (TPSA) is 77.5 Å². The summed E-state index contributed by atoms with van der Waals surface area (Å²) in [5, 5.41) is 7.88. The third kappa shape index (κ3) is 3.85. The molecule has 176 valence electrons. The summed E-state index contributed by atoms with van der Waals surface area (Å²) in [6.45, 7) is 8.46. The van der Waals surface area contributed by atoms with Crippen molar-refractivity contribution in [2.45, 2.75) is 53.4 Å². The molecule has 1 atom stereocenters. The molecular weight excluding hydrogens is 426 g/mol. The molecule has 0 aliphatic heterocycles. The van der Waals surface area contributed by atoms with Crippen molar-refractivity contribution in [3.05, 3.63) is 59.5 Å². The number of aryl methyl sites for hydroxylation is 2. The summed E-state index contributed by atoms with van der Waals surface area (Å²) in [7, 11) is 1.70. The van der Waals surface area contributed by atoms with Gasteiger partial charge in [0.15, 0.2) is 5.65 Å². The van der Waals surface area contributed by atoms with Crippen molar-refractivity contribution in [2.75, 3.05) is 12.4 Å². The minimum absolute atomic E-state index is 0.725. The van der Waals surface area contributed by atoms with Gasteiger partial charge in [-0.25, -0.2) is 4.98 Å². The largest absolute Gasteiger partial charge is 0.496 e. The molecule has 0 saturated carbocycles. The van der Waals surface area contributed by atoms with Crippen LogP contribution < -0.4 is 10.1 Å². The SMILES string of the molecule is CCC1=C(Nc2c(-c3ccc(-c4c(C)noc4C)cc3OC)nc3cnccn23)CCC(C)C1. The number of nitrogens with one attached hydrogen (secondary N) is 1. The van der Waals surface area contributed by atoms with Crippen molar-refractivity contribution in [1.29, 1.82) is 0 Å². The molecule has 0 saturated heterocycles. The van der Waals surface area contributed by atoms with E-state index in [1.54, 1.807) is 19.5 Å². The summed E-state index contributed by atoms with van der Waals surface area (Å²) in [5.41, 5.74) is 8.23. The maximum atomic E-state index is 5.86. The first-order chi connectivity index (χ1) is 16.5. The highest BCUT2D eigenvalue weighted by atomic mass is 16.5. The second-order valence-corrected chi connectivity index (χ2v) is 9.14. The Morgan fingerprint density at radius 2 is 2.12 bits per heavy atom. The Bertz CT molecular complexity index is 1360. The van der Waals surface area contributed by atoms with Crippen LogP contribution in [-0.2, 0) is 0 Å². The van der Waals surface area contributed by atoms with Gasteiger partial charge >= 0.3 is 0 Å². The van der Waals surface area contributed by atoms with Gasteiger partial charge in [0.05, 0.1) is 19.0 Å². The van der Waals surface area contributed by atoms with E-state index in [2.05, 4.69) is 45.8 Å². The zero-order valence-electron chi connectivity index (χ0n) is 20.5. The maximum Gasteiger partial charge on any atom is 0.157 e. The summed E-state index contributed by atoms with van der Waals surface area (Å²) >= 11 is 0. The van der Waals surface area contributed by atoms with E-state index in [-0.39, 0.29) is 0 Å². The number of methoxy groups -OCH3 is 1. The molecule has 1 unspecified atom stereocenters. The lowest BCUT2D eigenvalue weighted by molar-refractivity contribution is 0.393. The Morgan fingerprint density at radius 1 is 1.26 bits per heavy atom. The molecule has 1 aliphatic carbocycles. The van der Waals surface area contributed by atoms with Crippen LogP contribution in [0.3, 0.4) is 0 Å². The van der Waals surface area contributed by atoms with Gasteiger partial charge in [-0.1, -0.05) is 30.6 Å². The average Bonchev–Trinajstić information content (AvgIpc) is 3.38. The molecule has 0 spiro atoms. The molecule has 0 amide bonds. The van der Waals surface area contributed by atoms with Crippen LogP contribution in [0.15, 0.2) is 52.6 Å². The first-order valence-corrected chi connectivity index (χ1v) is 11.9. The van der Waals surface area contributed by atoms with Gasteiger partial charge in [-0.05, 0) is 63.1 Å². The van der Waals surface area contributed by atoms with Crippen LogP contribution in [-0.4, -0.2) is 26.6 Å². The first-order valence-electron chi connectivity index (χ1n) is 11.9. The predicted octanol–water partition coefficient (Wildman–Crippen LogP) is 6.57. The van der Waals surface area contributed by atoms with E-state index in [0.29, 0.717) is 0 Å². The van der Waals surface area contributed by atoms with Gasteiger partial charge in [-0.3, -0.25) is 9.38 Å². The van der Waals surface area contributed by atoms with E-state index in [1.165, 1.54) is 17.7 Å². The van der Waals surface area contributed by atoms with Crippen molar-refractivity contribution >= 4 is 11.5 Å². The number of aromatic nitrogens is 4. The summed E-state index contributed by atoms with van der Waals surface area (Å²) in [6.07, 6.45) is 9.96. The Kier molecular flexibility index (Phi) is 5.86. The highest BCUT2D eigenvalue weighted by Crippen LogP contribution is 2.40. The molecule has 1 aromatic carbocycles. The lowest BCUT2D eigenvalue weighted by atomic mass is 9.87. The fraction of sp³-hybridized carbons (Fsp3) is 0.370. The third-order valence-corrected chi connectivity index (χ3v) is 6.81. The lowest BCUT2D eigenvalue weighted by Gasteiger charge is -2.25. The Balaban J connectivity index is 1.65. The van der Waals surface area contributed by atoms with Crippen molar-refractivity contribution < 1.29 is 9.26 Å². The van der Waals surface area contributed by atoms with Crippen LogP contribution in [0.5, 0.6) is 5.75 Å². The van der Waals surface area contributed by atoms with Gasteiger partial charge in [0.1, 0.15) is 23.0 Å². The van der Waals surface area contributed by atoms with Crippen molar-refractivity contribution in [1.82, 2.24) is 19.5 Å². The smallest absolute Gasteiger partial charge is 0.157 e. The fourth-order valence-corrected chi connectivity index (χ4v) is 5.02. The van der Waals surface area contributed by atoms with Gasteiger partial charge < -0.3 is 14.6 Å². The molecule has 5 rings (SSSR count). The monoisotopic (exact) mass is 457 g/mol. The van der Waals surface area contributed by atoms with Gasteiger partial charge in [-0.2, -0.15) is 0 Å². The van der Waals surface area contributed by atoms with Crippen LogP contribution in [0.25, 0.3) is 28.0 Å². The van der Waals surface area contributed by atoms with E-state index in [0.717, 1.165) is 76.2 Å². The average molecular weight is 458 g/mol. The van der Waals surface area contributed by atoms with Gasteiger partial charge in [-0.15, -0.1) is 0 Å². The number of anilines is 1. The van der Waals surface area contributed by atoms with Gasteiger partial charge in [0, 0.05) is 29.2 Å². The molecule has 0 radical (unpaired) electrons. The maximum absolute atomic E-state index is 5.86. The number of hydrogen-bond acceptors (Lipinski definition) is 6. The summed E-state index contributed by atoms with van der Waals surface area (Å²) in [6, 6.07) is 6.18. The number of allylic oxidation sites excluding steroid dienone is 2. The fourth-order valence-electron chi connectivity index (χ4n) is 5.02. The Labute approximate surface area is 199 Å². The van der Waals surface area contributed by atoms with Crippen LogP contribution >= 0.6 is 0 Å². The molecular formula is C27H31N5O2. The lowest BCUT2D eigenvalue weighted by Crippen LogP contribution is -2.14. The highest BCUT2D eigenvalue weighted by Gasteiger charge is 2.23. The molecule has 1 aliphatic rings. The molecule has 0 fully saturated rings. The second kappa shape index (κ2) is 8.97. The van der Waals surface area contributed by atoms with Crippen LogP contribution in [0, 0.1) is 19.8 Å². The zero-order valence-corrected chi connectivity index (χ0v) is 20.5. The minimum Gasteiger partial charge on any atom is -0.496 e. The van der Waals surface area contributed by atoms with Crippen LogP contribution in [0.4, 0.5) is 5.82 Å². The van der Waals surface area contributed by atoms with Crippen molar-refractivity contribution in [2.24, 2.45) is 5.92 Å². The standard InChI is InChI=1S/C27H31N5O2/c1-6-19-13-16(2)7-10-22(19)29-27-26(30-24-15-28-11-12-32(24)27)21-9-8-20(14-23(21)33-5)25-17(3)31-34-18(25)4/h8-9,11-12,14-16,29H,6-7,10,13H2,1-5H3. The Hall–Kier alpha value is -3.61. The minimum atomic E-state index is 0.725. The molecule has 3 aromatic heterocycles. The second-order valence-electron chi connectivity index (χ2n) is 9.14. The van der Waals surface area contributed by atoms with Crippen LogP contribution in [0.1, 0.15) is 51.0 Å². The number of fused-ring (bicyclic) bond motifs is 1. The van der Waals surface area contributed by atoms with E-state index in [1.807, 2.05) is 26.1 Å². The van der Waals surface area contributed by atoms with E-state index in [9.17, 15) is 0 Å². The number of benzene rings is 1. The molecule has 3 heterocycles. The van der Waals surface area contributed by atoms with Crippen LogP contribution in [0.2, 0.25) is 0 Å². The molecule has 34 heavy (non-hydrogen) atoms. The highest BCUT2D eigenvalue weighted by molar-refractivity contribution is 5.83. The molecule has 7 nitrogen and oxygen atoms in total. The van der Waals surface area contributed by atoms with E-state index < -0.39 is 0 Å². The number of imidazole rings is 1. The summed E-state index contributed by atoms with van der Waals surface area (Å²) in [5.74, 6) is 3.21. The number of ether oxygens (including phenoxy) is 1. The number of rotatable bonds is 6. The Morgan fingerprint density at radius 3 is 2.85 bits per heavy atom.